The molecule has 1 rings (SSSR count). The van der Waals surface area contributed by atoms with Gasteiger partial charge in [0.15, 0.2) is 0 Å². The van der Waals surface area contributed by atoms with Crippen molar-refractivity contribution in [3.05, 3.63) is 34.2 Å². The predicted molar refractivity (Wildman–Crippen MR) is 65.1 cm³/mol. The van der Waals surface area contributed by atoms with Crippen molar-refractivity contribution in [1.82, 2.24) is 9.88 Å². The molecule has 94 valence electrons. The van der Waals surface area contributed by atoms with E-state index in [0.717, 1.165) is 0 Å². The fourth-order valence-electron chi connectivity index (χ4n) is 1.71. The number of H-pyrrole nitrogens is 1. The van der Waals surface area contributed by atoms with Crippen LogP contribution in [0.3, 0.4) is 0 Å². The molecule has 5 heteroatoms. The summed E-state index contributed by atoms with van der Waals surface area (Å²) < 4.78 is 5.03. The monoisotopic (exact) mass is 238 g/mol. The lowest BCUT2D eigenvalue weighted by Gasteiger charge is -2.27. The van der Waals surface area contributed by atoms with Crippen molar-refractivity contribution in [1.29, 1.82) is 0 Å². The van der Waals surface area contributed by atoms with Gasteiger partial charge >= 0.3 is 0 Å². The van der Waals surface area contributed by atoms with E-state index in [2.05, 4.69) is 4.98 Å². The predicted octanol–water partition coefficient (Wildman–Crippen LogP) is 0.872. The second kappa shape index (κ2) is 6.20. The topological polar surface area (TPSA) is 62.4 Å². The third-order valence-corrected chi connectivity index (χ3v) is 2.54. The van der Waals surface area contributed by atoms with Crippen LogP contribution in [-0.4, -0.2) is 42.1 Å². The van der Waals surface area contributed by atoms with Gasteiger partial charge in [-0.15, -0.1) is 0 Å². The molecule has 17 heavy (non-hydrogen) atoms. The second-order valence-electron chi connectivity index (χ2n) is 3.82. The Morgan fingerprint density at radius 3 is 2.76 bits per heavy atom. The van der Waals surface area contributed by atoms with Crippen LogP contribution in [0.15, 0.2) is 23.0 Å². The van der Waals surface area contributed by atoms with Gasteiger partial charge in [-0.3, -0.25) is 9.59 Å². The maximum Gasteiger partial charge on any atom is 0.270 e. The van der Waals surface area contributed by atoms with E-state index >= 15 is 0 Å². The number of hydrogen-bond donors (Lipinski definition) is 1. The summed E-state index contributed by atoms with van der Waals surface area (Å²) in [6.45, 7) is 4.84. The van der Waals surface area contributed by atoms with E-state index in [1.54, 1.807) is 24.1 Å². The minimum atomic E-state index is -0.272. The highest BCUT2D eigenvalue weighted by molar-refractivity contribution is 5.92. The Hall–Kier alpha value is -1.62. The molecule has 0 aliphatic rings. The lowest BCUT2D eigenvalue weighted by Crippen LogP contribution is -2.41. The Morgan fingerprint density at radius 2 is 2.24 bits per heavy atom. The Morgan fingerprint density at radius 1 is 1.53 bits per heavy atom. The molecule has 1 aromatic rings. The van der Waals surface area contributed by atoms with Crippen molar-refractivity contribution in [2.75, 3.05) is 20.3 Å². The summed E-state index contributed by atoms with van der Waals surface area (Å²) in [5.41, 5.74) is 0.0357. The van der Waals surface area contributed by atoms with Crippen LogP contribution in [0.2, 0.25) is 0 Å². The van der Waals surface area contributed by atoms with Crippen LogP contribution >= 0.6 is 0 Å². The summed E-state index contributed by atoms with van der Waals surface area (Å²) >= 11 is 0. The van der Waals surface area contributed by atoms with Crippen LogP contribution in [0.4, 0.5) is 0 Å². The van der Waals surface area contributed by atoms with Crippen molar-refractivity contribution in [2.45, 2.75) is 19.9 Å². The minimum absolute atomic E-state index is 0.0267. The first kappa shape index (κ1) is 13.4. The van der Waals surface area contributed by atoms with Crippen molar-refractivity contribution >= 4 is 5.91 Å². The summed E-state index contributed by atoms with van der Waals surface area (Å²) in [7, 11) is 1.60. The number of carbonyl (C=O) groups excluding carboxylic acids is 1. The number of ether oxygens (including phenoxy) is 1. The highest BCUT2D eigenvalue weighted by Gasteiger charge is 2.20. The molecule has 0 aliphatic carbocycles. The smallest absolute Gasteiger partial charge is 0.270 e. The van der Waals surface area contributed by atoms with Gasteiger partial charge < -0.3 is 14.6 Å². The molecule has 1 amide bonds. The lowest BCUT2D eigenvalue weighted by molar-refractivity contribution is 0.0573. The molecule has 1 N–H and O–H groups in total. The number of carbonyl (C=O) groups is 1. The highest BCUT2D eigenvalue weighted by atomic mass is 16.5. The molecule has 0 spiro atoms. The standard InChI is InChI=1S/C12H18N2O3/c1-4-14(9(2)8-17-3)12(16)10-6-5-7-11(15)13-10/h5-7,9H,4,8H2,1-3H3,(H,13,15). The number of hydrogen-bond acceptors (Lipinski definition) is 3. The normalized spacial score (nSPS) is 12.2. The van der Waals surface area contributed by atoms with Crippen LogP contribution in [0.5, 0.6) is 0 Å². The number of likely N-dealkylation sites (N-methyl/N-ethyl adjacent to an activating group) is 1. The van der Waals surface area contributed by atoms with E-state index in [-0.39, 0.29) is 17.5 Å². The average Bonchev–Trinajstić information content (AvgIpc) is 2.30. The number of amides is 1. The van der Waals surface area contributed by atoms with E-state index in [4.69, 9.17) is 4.74 Å². The van der Waals surface area contributed by atoms with Crippen molar-refractivity contribution in [2.24, 2.45) is 0 Å². The number of aromatic nitrogens is 1. The Bertz CT molecular complexity index is 428. The molecule has 0 radical (unpaired) electrons. The van der Waals surface area contributed by atoms with Crippen LogP contribution in [0.25, 0.3) is 0 Å². The summed E-state index contributed by atoms with van der Waals surface area (Å²) in [4.78, 5) is 27.5. The van der Waals surface area contributed by atoms with Gasteiger partial charge in [0.25, 0.3) is 5.91 Å². The number of nitrogens with one attached hydrogen (secondary N) is 1. The summed E-state index contributed by atoms with van der Waals surface area (Å²) in [5.74, 6) is -0.185. The molecule has 0 fully saturated rings. The van der Waals surface area contributed by atoms with Crippen LogP contribution in [0.1, 0.15) is 24.3 Å². The van der Waals surface area contributed by atoms with Crippen molar-refractivity contribution in [3.8, 4) is 0 Å². The fourth-order valence-corrected chi connectivity index (χ4v) is 1.71. The van der Waals surface area contributed by atoms with Crippen molar-refractivity contribution < 1.29 is 9.53 Å². The quantitative estimate of drug-likeness (QED) is 0.828. The van der Waals surface area contributed by atoms with Gasteiger partial charge in [-0.2, -0.15) is 0 Å². The highest BCUT2D eigenvalue weighted by Crippen LogP contribution is 2.05. The summed E-state index contributed by atoms with van der Waals surface area (Å²) in [5, 5.41) is 0. The molecule has 1 unspecified atom stereocenters. The molecule has 0 aromatic carbocycles. The maximum atomic E-state index is 12.1. The Balaban J connectivity index is 2.89. The van der Waals surface area contributed by atoms with Gasteiger partial charge in [0, 0.05) is 19.7 Å². The molecule has 1 heterocycles. The average molecular weight is 238 g/mol. The zero-order valence-corrected chi connectivity index (χ0v) is 10.4. The third kappa shape index (κ3) is 3.42. The minimum Gasteiger partial charge on any atom is -0.383 e. The van der Waals surface area contributed by atoms with E-state index < -0.39 is 0 Å². The maximum absolute atomic E-state index is 12.1. The second-order valence-corrected chi connectivity index (χ2v) is 3.82. The number of nitrogens with zero attached hydrogens (tertiary/aromatic N) is 1. The molecule has 0 saturated carbocycles. The third-order valence-electron chi connectivity index (χ3n) is 2.54. The van der Waals surface area contributed by atoms with Gasteiger partial charge in [-0.1, -0.05) is 6.07 Å². The molecule has 1 aromatic heterocycles. The van der Waals surface area contributed by atoms with E-state index in [9.17, 15) is 9.59 Å². The van der Waals surface area contributed by atoms with Crippen LogP contribution in [0, 0.1) is 0 Å². The fraction of sp³-hybridized carbons (Fsp3) is 0.500. The first-order chi connectivity index (χ1) is 8.10. The number of methoxy groups -OCH3 is 1. The number of aromatic amines is 1. The molecule has 0 aliphatic heterocycles. The zero-order chi connectivity index (χ0) is 12.8. The summed E-state index contributed by atoms with van der Waals surface area (Å²) in [6, 6.07) is 4.53. The van der Waals surface area contributed by atoms with E-state index in [1.165, 1.54) is 6.07 Å². The van der Waals surface area contributed by atoms with Gasteiger partial charge in [0.1, 0.15) is 5.69 Å². The largest absolute Gasteiger partial charge is 0.383 e. The molecular formula is C12H18N2O3. The SMILES string of the molecule is CCN(C(=O)c1cccc(=O)[nH]1)C(C)COC. The van der Waals surface area contributed by atoms with Gasteiger partial charge in [0.05, 0.1) is 12.6 Å². The molecule has 5 nitrogen and oxygen atoms in total. The van der Waals surface area contributed by atoms with Gasteiger partial charge in [-0.05, 0) is 19.9 Å². The van der Waals surface area contributed by atoms with Crippen LogP contribution < -0.4 is 5.56 Å². The molecular weight excluding hydrogens is 220 g/mol. The van der Waals surface area contributed by atoms with Crippen molar-refractivity contribution in [3.63, 3.8) is 0 Å². The molecule has 0 bridgehead atoms. The van der Waals surface area contributed by atoms with Gasteiger partial charge in [0.2, 0.25) is 5.56 Å². The Labute approximate surface area is 100 Å². The summed E-state index contributed by atoms with van der Waals surface area (Å²) in [6.07, 6.45) is 0. The molecule has 1 atom stereocenters. The number of rotatable bonds is 5. The first-order valence-corrected chi connectivity index (χ1v) is 5.59. The molecule has 0 saturated heterocycles. The number of pyridine rings is 1. The Kier molecular flexibility index (Phi) is 4.90. The first-order valence-electron chi connectivity index (χ1n) is 5.59. The lowest BCUT2D eigenvalue weighted by atomic mass is 10.2. The zero-order valence-electron chi connectivity index (χ0n) is 10.4. The van der Waals surface area contributed by atoms with Gasteiger partial charge in [-0.25, -0.2) is 0 Å². The van der Waals surface area contributed by atoms with E-state index in [1.807, 2.05) is 13.8 Å². The van der Waals surface area contributed by atoms with Crippen LogP contribution in [-0.2, 0) is 4.74 Å². The van der Waals surface area contributed by atoms with E-state index in [0.29, 0.717) is 18.8 Å².